The number of hydrogen-bond acceptors (Lipinski definition) is 4. The highest BCUT2D eigenvalue weighted by atomic mass is 79.9. The molecule has 0 bridgehead atoms. The summed E-state index contributed by atoms with van der Waals surface area (Å²) < 4.78 is 6.64. The number of esters is 1. The average Bonchev–Trinajstić information content (AvgIpc) is 2.45. The van der Waals surface area contributed by atoms with E-state index >= 15 is 0 Å². The molecule has 0 atom stereocenters. The zero-order valence-corrected chi connectivity index (χ0v) is 9.81. The summed E-state index contributed by atoms with van der Waals surface area (Å²) in [5.41, 5.74) is 0. The lowest BCUT2D eigenvalue weighted by Crippen LogP contribution is -1.96. The van der Waals surface area contributed by atoms with Gasteiger partial charge in [-0.1, -0.05) is 0 Å². The number of carbonyl (C=O) groups is 1. The molecule has 2 nitrogen and oxygen atoms in total. The minimum absolute atomic E-state index is 0.277. The summed E-state index contributed by atoms with van der Waals surface area (Å²) in [7, 11) is 1.38. The maximum absolute atomic E-state index is 11.1. The zero-order valence-electron chi connectivity index (χ0n) is 6.59. The summed E-state index contributed by atoms with van der Waals surface area (Å²) in [5.74, 6) is -0.277. The molecule has 0 radical (unpaired) electrons. The van der Waals surface area contributed by atoms with Crippen LogP contribution in [0.25, 0.3) is 0 Å². The molecule has 0 amide bonds. The maximum Gasteiger partial charge on any atom is 0.348 e. The van der Waals surface area contributed by atoms with Gasteiger partial charge in [-0.15, -0.1) is 23.1 Å². The Morgan fingerprint density at radius 2 is 2.42 bits per heavy atom. The van der Waals surface area contributed by atoms with Crippen LogP contribution in [0.4, 0.5) is 0 Å². The van der Waals surface area contributed by atoms with Crippen LogP contribution in [0, 0.1) is 0 Å². The minimum atomic E-state index is -0.277. The molecule has 0 aromatic carbocycles. The molecule has 1 aromatic rings. The molecular formula is C7H7BrO2S2. The van der Waals surface area contributed by atoms with Crippen molar-refractivity contribution in [2.75, 3.05) is 13.4 Å². The van der Waals surface area contributed by atoms with E-state index in [1.807, 2.05) is 6.26 Å². The molecule has 66 valence electrons. The van der Waals surface area contributed by atoms with Gasteiger partial charge in [-0.3, -0.25) is 0 Å². The van der Waals surface area contributed by atoms with Gasteiger partial charge in [0.2, 0.25) is 0 Å². The fourth-order valence-corrected chi connectivity index (χ4v) is 3.36. The van der Waals surface area contributed by atoms with Crippen molar-refractivity contribution in [3.8, 4) is 0 Å². The number of rotatable bonds is 2. The molecule has 0 unspecified atom stereocenters. The van der Waals surface area contributed by atoms with Gasteiger partial charge in [0.1, 0.15) is 4.88 Å². The fourth-order valence-electron chi connectivity index (χ4n) is 0.692. The first-order valence-corrected chi connectivity index (χ1v) is 5.94. The molecule has 12 heavy (non-hydrogen) atoms. The van der Waals surface area contributed by atoms with Gasteiger partial charge in [0, 0.05) is 4.47 Å². The lowest BCUT2D eigenvalue weighted by molar-refractivity contribution is 0.0606. The molecule has 5 heteroatoms. The molecule has 0 aliphatic carbocycles. The third kappa shape index (κ3) is 2.02. The summed E-state index contributed by atoms with van der Waals surface area (Å²) in [5, 5.41) is 0. The first-order valence-electron chi connectivity index (χ1n) is 3.10. The van der Waals surface area contributed by atoms with Gasteiger partial charge in [0.15, 0.2) is 0 Å². The van der Waals surface area contributed by atoms with Crippen molar-refractivity contribution in [2.45, 2.75) is 4.21 Å². The van der Waals surface area contributed by atoms with Crippen molar-refractivity contribution < 1.29 is 9.53 Å². The number of ether oxygens (including phenoxy) is 1. The van der Waals surface area contributed by atoms with E-state index in [1.165, 1.54) is 18.4 Å². The Morgan fingerprint density at radius 1 is 1.75 bits per heavy atom. The summed E-state index contributed by atoms with van der Waals surface area (Å²) >= 11 is 6.40. The summed E-state index contributed by atoms with van der Waals surface area (Å²) in [6.07, 6.45) is 1.97. The van der Waals surface area contributed by atoms with Crippen LogP contribution >= 0.6 is 39.0 Å². The van der Waals surface area contributed by atoms with E-state index < -0.39 is 0 Å². The second kappa shape index (κ2) is 4.30. The average molecular weight is 267 g/mol. The molecule has 0 saturated heterocycles. The lowest BCUT2D eigenvalue weighted by atomic mass is 10.5. The topological polar surface area (TPSA) is 26.3 Å². The van der Waals surface area contributed by atoms with Crippen molar-refractivity contribution in [1.29, 1.82) is 0 Å². The van der Waals surface area contributed by atoms with Crippen LogP contribution in [-0.2, 0) is 4.74 Å². The predicted octanol–water partition coefficient (Wildman–Crippen LogP) is 3.02. The van der Waals surface area contributed by atoms with Crippen LogP contribution in [0.1, 0.15) is 9.67 Å². The van der Waals surface area contributed by atoms with Crippen molar-refractivity contribution in [3.63, 3.8) is 0 Å². The highest BCUT2D eigenvalue weighted by molar-refractivity contribution is 9.10. The summed E-state index contributed by atoms with van der Waals surface area (Å²) in [6.45, 7) is 0. The second-order valence-electron chi connectivity index (χ2n) is 1.94. The largest absolute Gasteiger partial charge is 0.465 e. The molecular weight excluding hydrogens is 260 g/mol. The normalized spacial score (nSPS) is 9.92. The van der Waals surface area contributed by atoms with Crippen LogP contribution in [-0.4, -0.2) is 19.3 Å². The molecule has 0 saturated carbocycles. The molecule has 1 aromatic heterocycles. The predicted molar refractivity (Wildman–Crippen MR) is 55.1 cm³/mol. The Hall–Kier alpha value is -0.0000000000000000833. The smallest absolute Gasteiger partial charge is 0.348 e. The van der Waals surface area contributed by atoms with Gasteiger partial charge in [-0.2, -0.15) is 0 Å². The van der Waals surface area contributed by atoms with Crippen LogP contribution in [0.3, 0.4) is 0 Å². The van der Waals surface area contributed by atoms with Crippen LogP contribution in [0.5, 0.6) is 0 Å². The Bertz CT molecular complexity index is 296. The molecule has 0 aliphatic rings. The van der Waals surface area contributed by atoms with Crippen LogP contribution < -0.4 is 0 Å². The molecule has 0 spiro atoms. The lowest BCUT2D eigenvalue weighted by Gasteiger charge is -1.91. The maximum atomic E-state index is 11.1. The highest BCUT2D eigenvalue weighted by Gasteiger charge is 2.12. The number of thioether (sulfide) groups is 1. The third-order valence-corrected chi connectivity index (χ3v) is 4.63. The SMILES string of the molecule is COC(=O)c1cc(Br)c(SC)s1. The quantitative estimate of drug-likeness (QED) is 0.608. The van der Waals surface area contributed by atoms with Crippen molar-refractivity contribution in [2.24, 2.45) is 0 Å². The van der Waals surface area contributed by atoms with Crippen molar-refractivity contribution in [3.05, 3.63) is 15.4 Å². The molecule has 1 rings (SSSR count). The first kappa shape index (κ1) is 10.1. The third-order valence-electron chi connectivity index (χ3n) is 1.23. The Balaban J connectivity index is 2.96. The van der Waals surface area contributed by atoms with E-state index in [-0.39, 0.29) is 5.97 Å². The monoisotopic (exact) mass is 266 g/mol. The Morgan fingerprint density at radius 3 is 2.83 bits per heavy atom. The van der Waals surface area contributed by atoms with Gasteiger partial charge < -0.3 is 4.74 Å². The van der Waals surface area contributed by atoms with Gasteiger partial charge in [0.25, 0.3) is 0 Å². The van der Waals surface area contributed by atoms with Gasteiger partial charge in [0.05, 0.1) is 11.3 Å². The van der Waals surface area contributed by atoms with Crippen molar-refractivity contribution >= 4 is 45.0 Å². The van der Waals surface area contributed by atoms with E-state index in [0.29, 0.717) is 4.88 Å². The number of halogens is 1. The zero-order chi connectivity index (χ0) is 9.14. The van der Waals surface area contributed by atoms with E-state index in [2.05, 4.69) is 20.7 Å². The van der Waals surface area contributed by atoms with Gasteiger partial charge in [-0.25, -0.2) is 4.79 Å². The number of hydrogen-bond donors (Lipinski definition) is 0. The van der Waals surface area contributed by atoms with E-state index in [0.717, 1.165) is 8.68 Å². The molecule has 1 heterocycles. The number of carbonyl (C=O) groups excluding carboxylic acids is 1. The number of methoxy groups -OCH3 is 1. The first-order chi connectivity index (χ1) is 5.69. The minimum Gasteiger partial charge on any atom is -0.465 e. The van der Waals surface area contributed by atoms with Gasteiger partial charge >= 0.3 is 5.97 Å². The van der Waals surface area contributed by atoms with E-state index in [4.69, 9.17) is 0 Å². The molecule has 0 fully saturated rings. The Kier molecular flexibility index (Phi) is 3.61. The fraction of sp³-hybridized carbons (Fsp3) is 0.286. The van der Waals surface area contributed by atoms with E-state index in [9.17, 15) is 4.79 Å². The number of thiophene rings is 1. The second-order valence-corrected chi connectivity index (χ2v) is 4.92. The molecule has 0 aliphatic heterocycles. The summed E-state index contributed by atoms with van der Waals surface area (Å²) in [4.78, 5) is 11.7. The van der Waals surface area contributed by atoms with Crippen LogP contribution in [0.2, 0.25) is 0 Å². The van der Waals surface area contributed by atoms with Crippen LogP contribution in [0.15, 0.2) is 14.7 Å². The van der Waals surface area contributed by atoms with E-state index in [1.54, 1.807) is 17.8 Å². The molecule has 0 N–H and O–H groups in total. The summed E-state index contributed by atoms with van der Waals surface area (Å²) in [6, 6.07) is 1.78. The standard InChI is InChI=1S/C7H7BrO2S2/c1-10-6(9)5-3-4(8)7(11-2)12-5/h3H,1-2H3. The highest BCUT2D eigenvalue weighted by Crippen LogP contribution is 2.34. The Labute approximate surface area is 87.4 Å². The van der Waals surface area contributed by atoms with Gasteiger partial charge in [-0.05, 0) is 28.3 Å². The van der Waals surface area contributed by atoms with Crippen molar-refractivity contribution in [1.82, 2.24) is 0 Å².